The van der Waals surface area contributed by atoms with Gasteiger partial charge in [0.1, 0.15) is 5.82 Å². The predicted octanol–water partition coefficient (Wildman–Crippen LogP) is 2.35. The fraction of sp³-hybridized carbons (Fsp3) is 0.133. The zero-order valence-corrected chi connectivity index (χ0v) is 11.5. The Bertz CT molecular complexity index is 801. The van der Waals surface area contributed by atoms with Crippen molar-refractivity contribution in [2.24, 2.45) is 0 Å². The van der Waals surface area contributed by atoms with Crippen molar-refractivity contribution in [3.8, 4) is 0 Å². The van der Waals surface area contributed by atoms with Crippen LogP contribution in [0.4, 0.5) is 0 Å². The smallest absolute Gasteiger partial charge is 0.331 e. The first-order chi connectivity index (χ1) is 10.2. The number of aryl methyl sites for hydroxylation is 1. The molecule has 0 saturated heterocycles. The molecule has 21 heavy (non-hydrogen) atoms. The molecule has 6 nitrogen and oxygen atoms in total. The molecule has 0 unspecified atom stereocenters. The summed E-state index contributed by atoms with van der Waals surface area (Å²) in [4.78, 5) is 18.8. The van der Waals surface area contributed by atoms with Gasteiger partial charge < -0.3 is 9.72 Å². The van der Waals surface area contributed by atoms with Gasteiger partial charge in [-0.25, -0.2) is 9.78 Å². The number of H-pyrrole nitrogens is 2. The van der Waals surface area contributed by atoms with E-state index in [4.69, 9.17) is 4.74 Å². The Hall–Kier alpha value is -2.89. The van der Waals surface area contributed by atoms with Crippen molar-refractivity contribution in [1.29, 1.82) is 0 Å². The van der Waals surface area contributed by atoms with Crippen molar-refractivity contribution in [2.45, 2.75) is 13.5 Å². The topological polar surface area (TPSA) is 83.7 Å². The fourth-order valence-electron chi connectivity index (χ4n) is 1.98. The van der Waals surface area contributed by atoms with E-state index >= 15 is 0 Å². The van der Waals surface area contributed by atoms with Crippen LogP contribution in [0.5, 0.6) is 0 Å². The van der Waals surface area contributed by atoms with Crippen LogP contribution in [-0.4, -0.2) is 26.1 Å². The average molecular weight is 282 g/mol. The molecule has 0 saturated carbocycles. The van der Waals surface area contributed by atoms with E-state index in [0.717, 1.165) is 16.5 Å². The number of carbonyl (C=O) groups is 1. The molecular weight excluding hydrogens is 268 g/mol. The van der Waals surface area contributed by atoms with Gasteiger partial charge in [0.15, 0.2) is 12.4 Å². The number of aromatic amines is 2. The zero-order valence-electron chi connectivity index (χ0n) is 11.5. The van der Waals surface area contributed by atoms with E-state index in [1.807, 2.05) is 30.5 Å². The Morgan fingerprint density at radius 2 is 2.29 bits per heavy atom. The number of hydrogen-bond donors (Lipinski definition) is 2. The van der Waals surface area contributed by atoms with E-state index in [9.17, 15) is 4.79 Å². The Kier molecular flexibility index (Phi) is 3.51. The van der Waals surface area contributed by atoms with Gasteiger partial charge in [-0.2, -0.15) is 5.10 Å². The number of carbonyl (C=O) groups excluding carboxylic acids is 1. The highest BCUT2D eigenvalue weighted by Crippen LogP contribution is 2.15. The van der Waals surface area contributed by atoms with Crippen LogP contribution in [0.25, 0.3) is 17.0 Å². The Morgan fingerprint density at radius 1 is 1.38 bits per heavy atom. The van der Waals surface area contributed by atoms with E-state index in [-0.39, 0.29) is 6.61 Å². The van der Waals surface area contributed by atoms with Crippen LogP contribution >= 0.6 is 0 Å². The second-order valence-electron chi connectivity index (χ2n) is 4.60. The van der Waals surface area contributed by atoms with Gasteiger partial charge in [-0.3, -0.25) is 5.10 Å². The molecule has 0 amide bonds. The van der Waals surface area contributed by atoms with Crippen LogP contribution in [0.2, 0.25) is 0 Å². The number of nitrogens with zero attached hydrogens (tertiary/aromatic N) is 2. The molecule has 2 heterocycles. The third-order valence-corrected chi connectivity index (χ3v) is 2.98. The van der Waals surface area contributed by atoms with Crippen LogP contribution < -0.4 is 0 Å². The first-order valence-corrected chi connectivity index (χ1v) is 6.50. The fourth-order valence-corrected chi connectivity index (χ4v) is 1.98. The summed E-state index contributed by atoms with van der Waals surface area (Å²) in [5.41, 5.74) is 2.00. The van der Waals surface area contributed by atoms with Gasteiger partial charge >= 0.3 is 5.97 Å². The molecule has 0 bridgehead atoms. The summed E-state index contributed by atoms with van der Waals surface area (Å²) < 4.78 is 5.06. The summed E-state index contributed by atoms with van der Waals surface area (Å²) in [7, 11) is 0. The number of fused-ring (bicyclic) bond motifs is 1. The molecule has 0 aliphatic carbocycles. The highest BCUT2D eigenvalue weighted by Gasteiger charge is 2.03. The Morgan fingerprint density at radius 3 is 3.10 bits per heavy atom. The van der Waals surface area contributed by atoms with Gasteiger partial charge in [0.25, 0.3) is 0 Å². The van der Waals surface area contributed by atoms with Crippen molar-refractivity contribution in [3.63, 3.8) is 0 Å². The summed E-state index contributed by atoms with van der Waals surface area (Å²) in [6.45, 7) is 1.85. The van der Waals surface area contributed by atoms with Gasteiger partial charge in [-0.1, -0.05) is 6.07 Å². The number of ether oxygens (including phenoxy) is 1. The van der Waals surface area contributed by atoms with Crippen molar-refractivity contribution in [3.05, 3.63) is 53.8 Å². The van der Waals surface area contributed by atoms with E-state index in [0.29, 0.717) is 11.6 Å². The number of hydrogen-bond acceptors (Lipinski definition) is 4. The SMILES string of the molecule is Cc1nc(COC(=O)C=Cc2ccc3[nH]ccc3c2)n[nH]1. The van der Waals surface area contributed by atoms with Gasteiger partial charge in [-0.05, 0) is 42.1 Å². The molecule has 2 N–H and O–H groups in total. The first kappa shape index (κ1) is 13.1. The van der Waals surface area contributed by atoms with Gasteiger partial charge in [-0.15, -0.1) is 0 Å². The normalized spacial score (nSPS) is 11.3. The van der Waals surface area contributed by atoms with Gasteiger partial charge in [0.2, 0.25) is 0 Å². The lowest BCUT2D eigenvalue weighted by atomic mass is 10.1. The Balaban J connectivity index is 1.60. The van der Waals surface area contributed by atoms with Crippen LogP contribution in [0.15, 0.2) is 36.5 Å². The summed E-state index contributed by atoms with van der Waals surface area (Å²) in [6.07, 6.45) is 5.00. The molecule has 3 rings (SSSR count). The van der Waals surface area contributed by atoms with Crippen LogP contribution in [0, 0.1) is 6.92 Å². The lowest BCUT2D eigenvalue weighted by Crippen LogP contribution is -2.02. The number of aromatic nitrogens is 4. The zero-order chi connectivity index (χ0) is 14.7. The molecule has 1 aromatic carbocycles. The monoisotopic (exact) mass is 282 g/mol. The molecule has 0 atom stereocenters. The lowest BCUT2D eigenvalue weighted by Gasteiger charge is -1.98. The summed E-state index contributed by atoms with van der Waals surface area (Å²) in [5, 5.41) is 7.68. The largest absolute Gasteiger partial charge is 0.454 e. The summed E-state index contributed by atoms with van der Waals surface area (Å²) in [5.74, 6) is 0.728. The number of nitrogens with one attached hydrogen (secondary N) is 2. The molecule has 0 aliphatic rings. The maximum atomic E-state index is 11.6. The molecular formula is C15H14N4O2. The standard InChI is InChI=1S/C15H14N4O2/c1-10-17-14(19-18-10)9-21-15(20)5-3-11-2-4-13-12(8-11)6-7-16-13/h2-8,16H,9H2,1H3,(H,17,18,19). The second kappa shape index (κ2) is 5.62. The second-order valence-corrected chi connectivity index (χ2v) is 4.60. The molecule has 0 fully saturated rings. The highest BCUT2D eigenvalue weighted by molar-refractivity contribution is 5.88. The number of esters is 1. The first-order valence-electron chi connectivity index (χ1n) is 6.50. The molecule has 106 valence electrons. The van der Waals surface area contributed by atoms with Gasteiger partial charge in [0, 0.05) is 17.8 Å². The Labute approximate surface area is 120 Å². The minimum absolute atomic E-state index is 0.0599. The minimum Gasteiger partial charge on any atom is -0.454 e. The summed E-state index contributed by atoms with van der Waals surface area (Å²) in [6, 6.07) is 7.88. The van der Waals surface area contributed by atoms with Crippen LogP contribution in [0.3, 0.4) is 0 Å². The quantitative estimate of drug-likeness (QED) is 0.568. The molecule has 6 heteroatoms. The maximum Gasteiger partial charge on any atom is 0.331 e. The number of rotatable bonds is 4. The van der Waals surface area contributed by atoms with E-state index < -0.39 is 5.97 Å². The number of benzene rings is 1. The maximum absolute atomic E-state index is 11.6. The summed E-state index contributed by atoms with van der Waals surface area (Å²) >= 11 is 0. The van der Waals surface area contributed by atoms with Crippen molar-refractivity contribution < 1.29 is 9.53 Å². The van der Waals surface area contributed by atoms with E-state index in [2.05, 4.69) is 20.2 Å². The van der Waals surface area contributed by atoms with Crippen molar-refractivity contribution in [2.75, 3.05) is 0 Å². The van der Waals surface area contributed by atoms with E-state index in [1.54, 1.807) is 13.0 Å². The minimum atomic E-state index is -0.424. The third kappa shape index (κ3) is 3.17. The van der Waals surface area contributed by atoms with E-state index in [1.165, 1.54) is 6.08 Å². The van der Waals surface area contributed by atoms with Crippen molar-refractivity contribution >= 4 is 22.9 Å². The third-order valence-electron chi connectivity index (χ3n) is 2.98. The molecule has 0 radical (unpaired) electrons. The highest BCUT2D eigenvalue weighted by atomic mass is 16.5. The van der Waals surface area contributed by atoms with Crippen molar-refractivity contribution in [1.82, 2.24) is 20.2 Å². The molecule has 0 aliphatic heterocycles. The molecule has 3 aromatic rings. The molecule has 0 spiro atoms. The van der Waals surface area contributed by atoms with Crippen LogP contribution in [0.1, 0.15) is 17.2 Å². The lowest BCUT2D eigenvalue weighted by molar-refractivity contribution is -0.139. The predicted molar refractivity (Wildman–Crippen MR) is 78.2 cm³/mol. The van der Waals surface area contributed by atoms with Gasteiger partial charge in [0.05, 0.1) is 0 Å². The molecule has 2 aromatic heterocycles. The van der Waals surface area contributed by atoms with Crippen LogP contribution in [-0.2, 0) is 16.1 Å². The average Bonchev–Trinajstić information content (AvgIpc) is 3.10.